The van der Waals surface area contributed by atoms with E-state index in [1.54, 1.807) is 26.0 Å². The average Bonchev–Trinajstić information content (AvgIpc) is 2.51. The summed E-state index contributed by atoms with van der Waals surface area (Å²) in [7, 11) is 0. The number of ether oxygens (including phenoxy) is 2. The Morgan fingerprint density at radius 2 is 1.48 bits per heavy atom. The molecule has 1 aromatic carbocycles. The summed E-state index contributed by atoms with van der Waals surface area (Å²) < 4.78 is 10.4. The maximum atomic E-state index is 11.5. The van der Waals surface area contributed by atoms with E-state index in [0.717, 1.165) is 0 Å². The van der Waals surface area contributed by atoms with Crippen molar-refractivity contribution in [2.75, 3.05) is 6.54 Å². The van der Waals surface area contributed by atoms with Crippen LogP contribution in [0.1, 0.15) is 59.1 Å². The molecule has 0 aromatic heterocycles. The molecule has 1 atom stereocenters. The number of rotatable bonds is 7. The number of esters is 2. The van der Waals surface area contributed by atoms with Gasteiger partial charge < -0.3 is 19.9 Å². The van der Waals surface area contributed by atoms with Gasteiger partial charge in [-0.2, -0.15) is 0 Å². The molecule has 25 heavy (non-hydrogen) atoms. The fraction of sp³-hybridized carbons (Fsp3) is 0.556. The number of carbonyl (C=O) groups is 2. The molecular weight excluding hydrogens is 390 g/mol. The van der Waals surface area contributed by atoms with Crippen molar-refractivity contribution in [3.8, 4) is 11.5 Å². The largest absolute Gasteiger partial charge is 0.426 e. The number of nitrogens with one attached hydrogen (secondary N) is 1. The van der Waals surface area contributed by atoms with Crippen LogP contribution in [0.5, 0.6) is 11.5 Å². The van der Waals surface area contributed by atoms with Crippen LogP contribution in [0.2, 0.25) is 0 Å². The van der Waals surface area contributed by atoms with Crippen LogP contribution < -0.4 is 14.8 Å². The molecule has 7 heteroatoms. The zero-order valence-corrected chi connectivity index (χ0v) is 17.1. The molecule has 0 amide bonds. The predicted octanol–water partition coefficient (Wildman–Crippen LogP) is 3.32. The van der Waals surface area contributed by atoms with Crippen molar-refractivity contribution >= 4 is 28.9 Å². The van der Waals surface area contributed by atoms with E-state index in [1.807, 2.05) is 20.8 Å². The van der Waals surface area contributed by atoms with E-state index in [4.69, 9.17) is 9.47 Å². The summed E-state index contributed by atoms with van der Waals surface area (Å²) in [5.74, 6) is -0.314. The quantitative estimate of drug-likeness (QED) is 0.522. The molecule has 2 N–H and O–H groups in total. The Balaban J connectivity index is 0.00000576. The maximum absolute atomic E-state index is 11.5. The predicted molar refractivity (Wildman–Crippen MR) is 101 cm³/mol. The Morgan fingerprint density at radius 1 is 1.04 bits per heavy atom. The summed E-state index contributed by atoms with van der Waals surface area (Å²) in [4.78, 5) is 23.0. The third-order valence-corrected chi connectivity index (χ3v) is 3.15. The molecule has 0 fully saturated rings. The number of hydrogen-bond donors (Lipinski definition) is 2. The lowest BCUT2D eigenvalue weighted by molar-refractivity contribution is -0.134. The number of benzene rings is 1. The summed E-state index contributed by atoms with van der Waals surface area (Å²) >= 11 is 0. The first-order chi connectivity index (χ1) is 11.1. The van der Waals surface area contributed by atoms with Crippen LogP contribution in [-0.4, -0.2) is 29.1 Å². The Morgan fingerprint density at radius 3 is 1.84 bits per heavy atom. The topological polar surface area (TPSA) is 84.9 Å². The lowest BCUT2D eigenvalue weighted by Gasteiger charge is -2.23. The number of aliphatic hydroxyl groups excluding tert-OH is 1. The number of hydrogen-bond acceptors (Lipinski definition) is 6. The van der Waals surface area contributed by atoms with Crippen molar-refractivity contribution in [2.45, 2.75) is 59.1 Å². The fourth-order valence-corrected chi connectivity index (χ4v) is 1.83. The van der Waals surface area contributed by atoms with Gasteiger partial charge in [-0.15, -0.1) is 17.0 Å². The van der Waals surface area contributed by atoms with Gasteiger partial charge in [0.25, 0.3) is 0 Å². The number of halogens is 1. The molecule has 0 bridgehead atoms. The van der Waals surface area contributed by atoms with Gasteiger partial charge in [-0.05, 0) is 38.5 Å². The van der Waals surface area contributed by atoms with Crippen LogP contribution in [-0.2, 0) is 9.59 Å². The monoisotopic (exact) mass is 417 g/mol. The van der Waals surface area contributed by atoms with Crippen molar-refractivity contribution in [1.29, 1.82) is 0 Å². The standard InChI is InChI=1S/C18H27NO5.BrH/c1-6-16(21)23-13-8-12(15(20)11-19-18(3,4)5)9-14(10-13)24-17(22)7-2;/h8-10,15,19-20H,6-7,11H2,1-5H3;1H. The van der Waals surface area contributed by atoms with E-state index in [1.165, 1.54) is 6.07 Å². The van der Waals surface area contributed by atoms with Crippen molar-refractivity contribution in [1.82, 2.24) is 5.32 Å². The molecule has 0 aliphatic carbocycles. The van der Waals surface area contributed by atoms with Crippen molar-refractivity contribution in [3.05, 3.63) is 23.8 Å². The molecule has 1 unspecified atom stereocenters. The van der Waals surface area contributed by atoms with Gasteiger partial charge in [0.15, 0.2) is 0 Å². The van der Waals surface area contributed by atoms with Gasteiger partial charge in [-0.3, -0.25) is 9.59 Å². The lowest BCUT2D eigenvalue weighted by atomic mass is 10.1. The van der Waals surface area contributed by atoms with Crippen LogP contribution >= 0.6 is 17.0 Å². The molecule has 142 valence electrons. The van der Waals surface area contributed by atoms with Gasteiger partial charge in [-0.25, -0.2) is 0 Å². The molecule has 0 aliphatic rings. The molecule has 0 aliphatic heterocycles. The van der Waals surface area contributed by atoms with Crippen LogP contribution in [0.15, 0.2) is 18.2 Å². The minimum Gasteiger partial charge on any atom is -0.426 e. The maximum Gasteiger partial charge on any atom is 0.310 e. The number of β-amino-alcohol motifs (C(OH)–C–C–N with tert-alkyl or cyclic N) is 1. The number of aliphatic hydroxyl groups is 1. The Bertz CT molecular complexity index is 547. The molecule has 0 saturated carbocycles. The van der Waals surface area contributed by atoms with Crippen molar-refractivity contribution in [3.63, 3.8) is 0 Å². The van der Waals surface area contributed by atoms with Gasteiger partial charge in [0, 0.05) is 31.0 Å². The zero-order valence-electron chi connectivity index (χ0n) is 15.4. The average molecular weight is 418 g/mol. The van der Waals surface area contributed by atoms with Crippen LogP contribution in [0.3, 0.4) is 0 Å². The molecule has 0 radical (unpaired) electrons. The van der Waals surface area contributed by atoms with Crippen molar-refractivity contribution in [2.24, 2.45) is 0 Å². The Hall–Kier alpha value is -1.44. The SMILES string of the molecule is Br.CCC(=O)Oc1cc(OC(=O)CC)cc(C(O)CNC(C)(C)C)c1. The second-order valence-electron chi connectivity index (χ2n) is 6.54. The lowest BCUT2D eigenvalue weighted by Crippen LogP contribution is -2.38. The first-order valence-electron chi connectivity index (χ1n) is 8.14. The van der Waals surface area contributed by atoms with E-state index in [2.05, 4.69) is 5.32 Å². The first-order valence-corrected chi connectivity index (χ1v) is 8.14. The second kappa shape index (κ2) is 10.5. The summed E-state index contributed by atoms with van der Waals surface area (Å²) in [6.07, 6.45) is -0.381. The van der Waals surface area contributed by atoms with Gasteiger partial charge in [0.05, 0.1) is 6.10 Å². The zero-order chi connectivity index (χ0) is 18.3. The van der Waals surface area contributed by atoms with Gasteiger partial charge in [0.1, 0.15) is 11.5 Å². The third-order valence-electron chi connectivity index (χ3n) is 3.15. The van der Waals surface area contributed by atoms with E-state index >= 15 is 0 Å². The molecule has 0 saturated heterocycles. The van der Waals surface area contributed by atoms with Gasteiger partial charge in [0.2, 0.25) is 0 Å². The van der Waals surface area contributed by atoms with Crippen LogP contribution in [0.4, 0.5) is 0 Å². The normalized spacial score (nSPS) is 12.1. The van der Waals surface area contributed by atoms with Crippen LogP contribution in [0, 0.1) is 0 Å². The highest BCUT2D eigenvalue weighted by molar-refractivity contribution is 8.93. The summed E-state index contributed by atoms with van der Waals surface area (Å²) in [5.41, 5.74) is 0.358. The van der Waals surface area contributed by atoms with Gasteiger partial charge in [-0.1, -0.05) is 13.8 Å². The summed E-state index contributed by atoms with van der Waals surface area (Å²) in [5, 5.41) is 13.6. The van der Waals surface area contributed by atoms with Crippen molar-refractivity contribution < 1.29 is 24.2 Å². The van der Waals surface area contributed by atoms with E-state index in [0.29, 0.717) is 12.1 Å². The molecule has 0 heterocycles. The molecule has 1 rings (SSSR count). The Labute approximate surface area is 159 Å². The molecule has 1 aromatic rings. The fourth-order valence-electron chi connectivity index (χ4n) is 1.83. The first kappa shape index (κ1) is 23.6. The number of carbonyl (C=O) groups excluding carboxylic acids is 2. The minimum atomic E-state index is -0.830. The highest BCUT2D eigenvalue weighted by atomic mass is 79.9. The highest BCUT2D eigenvalue weighted by Crippen LogP contribution is 2.27. The highest BCUT2D eigenvalue weighted by Gasteiger charge is 2.17. The van der Waals surface area contributed by atoms with E-state index in [-0.39, 0.29) is 46.9 Å². The molecular formula is C18H28BrNO5. The minimum absolute atomic E-state index is 0. The Kier molecular flexibility index (Phi) is 9.92. The smallest absolute Gasteiger partial charge is 0.310 e. The van der Waals surface area contributed by atoms with Crippen LogP contribution in [0.25, 0.3) is 0 Å². The third kappa shape index (κ3) is 9.00. The summed E-state index contributed by atoms with van der Waals surface area (Å²) in [6, 6.07) is 4.62. The second-order valence-corrected chi connectivity index (χ2v) is 6.54. The molecule has 6 nitrogen and oxygen atoms in total. The van der Waals surface area contributed by atoms with E-state index < -0.39 is 18.0 Å². The van der Waals surface area contributed by atoms with Gasteiger partial charge >= 0.3 is 11.9 Å². The van der Waals surface area contributed by atoms with E-state index in [9.17, 15) is 14.7 Å². The summed E-state index contributed by atoms with van der Waals surface area (Å²) in [6.45, 7) is 9.67. The molecule has 0 spiro atoms.